The fourth-order valence-electron chi connectivity index (χ4n) is 5.97. The Morgan fingerprint density at radius 3 is 1.54 bits per heavy atom. The quantitative estimate of drug-likeness (QED) is 0.0301. The molecule has 0 radical (unpaired) electrons. The van der Waals surface area contributed by atoms with Gasteiger partial charge in [-0.15, -0.1) is 11.8 Å². The van der Waals surface area contributed by atoms with Crippen molar-refractivity contribution in [2.75, 3.05) is 46.1 Å². The zero-order valence-corrected chi connectivity index (χ0v) is 33.4. The minimum atomic E-state index is -0.224. The number of hydrogen-bond donors (Lipinski definition) is 1. The van der Waals surface area contributed by atoms with E-state index in [1.54, 1.807) is 0 Å². The molecule has 0 aliphatic carbocycles. The molecule has 0 atom stereocenters. The zero-order chi connectivity index (χ0) is 36.4. The van der Waals surface area contributed by atoms with E-state index in [-0.39, 0.29) is 18.9 Å². The minimum Gasteiger partial charge on any atom is -0.466 e. The molecule has 1 N–H and O–H groups in total. The summed E-state index contributed by atoms with van der Waals surface area (Å²) in [6, 6.07) is 0. The topological polar surface area (TPSA) is 68.2 Å². The van der Waals surface area contributed by atoms with Crippen molar-refractivity contribution in [2.24, 2.45) is 0 Å². The second-order valence-electron chi connectivity index (χ2n) is 14.0. The number of carbonyl (C=O) groups is 1. The standard InChI is InChI=1S/C44H81NO5/c1-4-7-10-13-18-26-31-40-48-43(47)34-27-20-19-23-30-37-45(38-39-46)36-29-22-17-16-21-28-35-44(49-41-32-24-14-11-8-5-2)50-42-33-25-15-12-9-6-3/h44,46H,4-23,26-31,34-42H2,1-3H3. The van der Waals surface area contributed by atoms with Crippen LogP contribution >= 0.6 is 0 Å². The second-order valence-corrected chi connectivity index (χ2v) is 14.0. The van der Waals surface area contributed by atoms with Gasteiger partial charge in [0.05, 0.1) is 13.2 Å². The third kappa shape index (κ3) is 37.7. The third-order valence-electron chi connectivity index (χ3n) is 9.19. The van der Waals surface area contributed by atoms with Crippen LogP contribution in [-0.4, -0.2) is 68.3 Å². The van der Waals surface area contributed by atoms with Crippen molar-refractivity contribution in [3.05, 3.63) is 0 Å². The molecule has 0 saturated carbocycles. The summed E-state index contributed by atoms with van der Waals surface area (Å²) in [5, 5.41) is 9.54. The van der Waals surface area contributed by atoms with Crippen molar-refractivity contribution >= 4 is 5.97 Å². The van der Waals surface area contributed by atoms with Crippen LogP contribution in [0.1, 0.15) is 201 Å². The average molecular weight is 704 g/mol. The lowest BCUT2D eigenvalue weighted by Gasteiger charge is -2.21. The van der Waals surface area contributed by atoms with Crippen molar-refractivity contribution in [2.45, 2.75) is 207 Å². The highest BCUT2D eigenvalue weighted by molar-refractivity contribution is 5.69. The molecule has 0 fully saturated rings. The molecule has 6 nitrogen and oxygen atoms in total. The van der Waals surface area contributed by atoms with Gasteiger partial charge in [0.25, 0.3) is 0 Å². The van der Waals surface area contributed by atoms with Gasteiger partial charge in [-0.1, -0.05) is 142 Å². The first-order valence-electron chi connectivity index (χ1n) is 21.3. The number of rotatable bonds is 37. The van der Waals surface area contributed by atoms with Crippen molar-refractivity contribution in [3.8, 4) is 23.7 Å². The molecule has 50 heavy (non-hydrogen) atoms. The maximum atomic E-state index is 12.0. The fraction of sp³-hybridized carbons (Fsp3) is 0.886. The number of ether oxygens (including phenoxy) is 3. The number of esters is 1. The molecule has 0 amide bonds. The lowest BCUT2D eigenvalue weighted by Crippen LogP contribution is -2.29. The van der Waals surface area contributed by atoms with Crippen LogP contribution in [0, 0.1) is 23.7 Å². The van der Waals surface area contributed by atoms with Crippen molar-refractivity contribution in [3.63, 3.8) is 0 Å². The Balaban J connectivity index is 3.98. The Labute approximate surface area is 310 Å². The Morgan fingerprint density at radius 1 is 0.540 bits per heavy atom. The van der Waals surface area contributed by atoms with Crippen LogP contribution < -0.4 is 0 Å². The van der Waals surface area contributed by atoms with E-state index in [2.05, 4.69) is 49.4 Å². The van der Waals surface area contributed by atoms with Crippen LogP contribution in [0.15, 0.2) is 0 Å². The summed E-state index contributed by atoms with van der Waals surface area (Å²) >= 11 is 0. The first-order chi connectivity index (χ1) is 24.7. The summed E-state index contributed by atoms with van der Waals surface area (Å²) in [6.07, 6.45) is 31.7. The molecule has 0 aromatic carbocycles. The molecule has 0 rings (SSSR count). The summed E-state index contributed by atoms with van der Waals surface area (Å²) in [5.74, 6) is 12.8. The van der Waals surface area contributed by atoms with E-state index in [1.807, 2.05) is 0 Å². The second kappa shape index (κ2) is 41.8. The first-order valence-corrected chi connectivity index (χ1v) is 21.3. The van der Waals surface area contributed by atoms with Crippen molar-refractivity contribution in [1.29, 1.82) is 0 Å². The van der Waals surface area contributed by atoms with E-state index < -0.39 is 0 Å². The summed E-state index contributed by atoms with van der Waals surface area (Å²) in [4.78, 5) is 14.4. The van der Waals surface area contributed by atoms with Gasteiger partial charge in [-0.3, -0.25) is 4.79 Å². The number of hydrogen-bond acceptors (Lipinski definition) is 6. The van der Waals surface area contributed by atoms with Gasteiger partial charge in [0.1, 0.15) is 13.2 Å². The van der Waals surface area contributed by atoms with E-state index in [9.17, 15) is 9.90 Å². The molecule has 6 heteroatoms. The van der Waals surface area contributed by atoms with Gasteiger partial charge in [-0.25, -0.2) is 0 Å². The van der Waals surface area contributed by atoms with Gasteiger partial charge >= 0.3 is 5.97 Å². The number of aliphatic hydroxyl groups is 1. The van der Waals surface area contributed by atoms with Crippen molar-refractivity contribution in [1.82, 2.24) is 4.90 Å². The Hall–Kier alpha value is -1.57. The predicted molar refractivity (Wildman–Crippen MR) is 212 cm³/mol. The Morgan fingerprint density at radius 2 is 1.00 bits per heavy atom. The monoisotopic (exact) mass is 704 g/mol. The summed E-state index contributed by atoms with van der Waals surface area (Å²) in [5.41, 5.74) is 0. The summed E-state index contributed by atoms with van der Waals surface area (Å²) < 4.78 is 17.4. The molecule has 0 heterocycles. The average Bonchev–Trinajstić information content (AvgIpc) is 3.12. The van der Waals surface area contributed by atoms with Gasteiger partial charge < -0.3 is 24.2 Å². The molecule has 0 saturated heterocycles. The smallest absolute Gasteiger partial charge is 0.305 e. The lowest BCUT2D eigenvalue weighted by atomic mass is 10.1. The number of carbonyl (C=O) groups excluding carboxylic acids is 1. The van der Waals surface area contributed by atoms with Crippen LogP contribution in [-0.2, 0) is 19.0 Å². The molecule has 0 bridgehead atoms. The van der Waals surface area contributed by atoms with E-state index in [0.29, 0.717) is 26.2 Å². The van der Waals surface area contributed by atoms with E-state index in [4.69, 9.17) is 14.2 Å². The minimum absolute atomic E-state index is 0.0272. The highest BCUT2D eigenvalue weighted by Gasteiger charge is 2.09. The molecule has 0 unspecified atom stereocenters. The van der Waals surface area contributed by atoms with Gasteiger partial charge in [0.15, 0.2) is 6.29 Å². The first kappa shape index (κ1) is 48.4. The van der Waals surface area contributed by atoms with Crippen LogP contribution in [0.2, 0.25) is 0 Å². The fourth-order valence-corrected chi connectivity index (χ4v) is 5.97. The maximum absolute atomic E-state index is 12.0. The van der Waals surface area contributed by atoms with Crippen LogP contribution in [0.3, 0.4) is 0 Å². The van der Waals surface area contributed by atoms with Crippen LogP contribution in [0.25, 0.3) is 0 Å². The highest BCUT2D eigenvalue weighted by Crippen LogP contribution is 2.13. The van der Waals surface area contributed by atoms with Gasteiger partial charge in [0.2, 0.25) is 0 Å². The van der Waals surface area contributed by atoms with Gasteiger partial charge in [0, 0.05) is 25.8 Å². The molecule has 0 aliphatic rings. The summed E-state index contributed by atoms with van der Waals surface area (Å²) in [6.45, 7) is 11.2. The molecule has 0 aromatic rings. The van der Waals surface area contributed by atoms with Gasteiger partial charge in [-0.05, 0) is 64.5 Å². The molecule has 0 spiro atoms. The molecule has 292 valence electrons. The normalized spacial score (nSPS) is 11.1. The molecule has 0 aliphatic heterocycles. The van der Waals surface area contributed by atoms with Crippen LogP contribution in [0.4, 0.5) is 0 Å². The molecular formula is C44H81NO5. The SMILES string of the molecule is CCCCCC#CCOC(CCCCCCCCN(CCO)CCCCCCCC(=O)OCCCCCCCCC)OCC#CCCCCC. The number of aliphatic hydroxyl groups excluding tert-OH is 1. The zero-order valence-electron chi connectivity index (χ0n) is 33.4. The maximum Gasteiger partial charge on any atom is 0.305 e. The Bertz CT molecular complexity index is 794. The highest BCUT2D eigenvalue weighted by atomic mass is 16.7. The van der Waals surface area contributed by atoms with E-state index >= 15 is 0 Å². The van der Waals surface area contributed by atoms with E-state index in [1.165, 1.54) is 103 Å². The predicted octanol–water partition coefficient (Wildman–Crippen LogP) is 11.2. The van der Waals surface area contributed by atoms with Crippen molar-refractivity contribution < 1.29 is 24.1 Å². The molecule has 0 aromatic heterocycles. The number of unbranched alkanes of at least 4 members (excludes halogenated alkanes) is 21. The van der Waals surface area contributed by atoms with E-state index in [0.717, 1.165) is 90.3 Å². The van der Waals surface area contributed by atoms with Gasteiger partial charge in [-0.2, -0.15) is 0 Å². The summed E-state index contributed by atoms with van der Waals surface area (Å²) in [7, 11) is 0. The molecular weight excluding hydrogens is 622 g/mol. The third-order valence-corrected chi connectivity index (χ3v) is 9.19. The van der Waals surface area contributed by atoms with Crippen LogP contribution in [0.5, 0.6) is 0 Å². The lowest BCUT2D eigenvalue weighted by molar-refractivity contribution is -0.143. The number of nitrogens with zero attached hydrogens (tertiary/aromatic N) is 1. The Kier molecular flexibility index (Phi) is 40.5. The largest absolute Gasteiger partial charge is 0.466 e.